The van der Waals surface area contributed by atoms with Gasteiger partial charge in [-0.2, -0.15) is 13.2 Å². The minimum atomic E-state index is -4.94. The van der Waals surface area contributed by atoms with Crippen molar-refractivity contribution in [2.75, 3.05) is 26.3 Å². The predicted octanol–water partition coefficient (Wildman–Crippen LogP) is 0.0198. The number of halogens is 3. The molecule has 1 spiro atoms. The van der Waals surface area contributed by atoms with Crippen molar-refractivity contribution in [3.8, 4) is 0 Å². The van der Waals surface area contributed by atoms with E-state index < -0.39 is 29.8 Å². The second-order valence-corrected chi connectivity index (χ2v) is 4.62. The molecule has 1 amide bonds. The van der Waals surface area contributed by atoms with Crippen LogP contribution >= 0.6 is 0 Å². The van der Waals surface area contributed by atoms with Crippen molar-refractivity contribution >= 4 is 11.9 Å². The lowest BCUT2D eigenvalue weighted by atomic mass is 10.0. The summed E-state index contributed by atoms with van der Waals surface area (Å²) in [4.78, 5) is 22.5. The Morgan fingerprint density at radius 3 is 2.63 bits per heavy atom. The van der Waals surface area contributed by atoms with Gasteiger partial charge in [-0.15, -0.1) is 0 Å². The van der Waals surface area contributed by atoms with E-state index in [1.54, 1.807) is 0 Å². The third-order valence-corrected chi connectivity index (χ3v) is 3.15. The summed E-state index contributed by atoms with van der Waals surface area (Å²) in [6.07, 6.45) is -6.03. The Balaban J connectivity index is 2.04. The molecule has 0 aromatic rings. The number of aliphatic carboxylic acids is 1. The van der Waals surface area contributed by atoms with Crippen LogP contribution in [-0.2, 0) is 19.1 Å². The SMILES string of the molecule is O=C(O)C1COCC2(CCN(C(=O)C(F)(F)F)C2)O1. The zero-order valence-corrected chi connectivity index (χ0v) is 9.77. The molecule has 0 bridgehead atoms. The summed E-state index contributed by atoms with van der Waals surface area (Å²) >= 11 is 0. The highest BCUT2D eigenvalue weighted by Crippen LogP contribution is 2.32. The predicted molar refractivity (Wildman–Crippen MR) is 53.3 cm³/mol. The first-order valence-corrected chi connectivity index (χ1v) is 5.58. The van der Waals surface area contributed by atoms with Crippen LogP contribution < -0.4 is 0 Å². The Hall–Kier alpha value is -1.35. The van der Waals surface area contributed by atoms with Crippen LogP contribution in [0.4, 0.5) is 13.2 Å². The second kappa shape index (κ2) is 4.64. The van der Waals surface area contributed by atoms with Gasteiger partial charge in [0.1, 0.15) is 5.60 Å². The van der Waals surface area contributed by atoms with Gasteiger partial charge in [0.25, 0.3) is 0 Å². The summed E-state index contributed by atoms with van der Waals surface area (Å²) in [5, 5.41) is 8.82. The maximum atomic E-state index is 12.3. The van der Waals surface area contributed by atoms with Gasteiger partial charge in [-0.05, 0) is 6.42 Å². The molecule has 2 saturated heterocycles. The Bertz CT molecular complexity index is 399. The highest BCUT2D eigenvalue weighted by molar-refractivity contribution is 5.82. The number of nitrogens with zero attached hydrogens (tertiary/aromatic N) is 1. The molecule has 0 radical (unpaired) electrons. The zero-order valence-electron chi connectivity index (χ0n) is 9.77. The van der Waals surface area contributed by atoms with Gasteiger partial charge in [0, 0.05) is 6.54 Å². The van der Waals surface area contributed by atoms with Crippen LogP contribution in [0.3, 0.4) is 0 Å². The fourth-order valence-corrected chi connectivity index (χ4v) is 2.25. The normalized spacial score (nSPS) is 31.7. The summed E-state index contributed by atoms with van der Waals surface area (Å²) in [6, 6.07) is 0. The molecule has 6 nitrogen and oxygen atoms in total. The van der Waals surface area contributed by atoms with E-state index in [1.807, 2.05) is 0 Å². The van der Waals surface area contributed by atoms with Gasteiger partial charge < -0.3 is 19.5 Å². The number of alkyl halides is 3. The van der Waals surface area contributed by atoms with Crippen molar-refractivity contribution in [2.45, 2.75) is 24.3 Å². The molecule has 0 aromatic carbocycles. The van der Waals surface area contributed by atoms with E-state index in [-0.39, 0.29) is 32.7 Å². The Morgan fingerprint density at radius 2 is 2.05 bits per heavy atom. The fourth-order valence-electron chi connectivity index (χ4n) is 2.25. The first-order valence-electron chi connectivity index (χ1n) is 5.58. The highest BCUT2D eigenvalue weighted by atomic mass is 19.4. The van der Waals surface area contributed by atoms with Gasteiger partial charge in [0.15, 0.2) is 6.10 Å². The highest BCUT2D eigenvalue weighted by Gasteiger charge is 2.51. The van der Waals surface area contributed by atoms with Gasteiger partial charge in [-0.1, -0.05) is 0 Å². The first kappa shape index (κ1) is 14.1. The van der Waals surface area contributed by atoms with Crippen LogP contribution in [0.5, 0.6) is 0 Å². The molecule has 0 aromatic heterocycles. The molecule has 2 unspecified atom stereocenters. The Labute approximate surface area is 106 Å². The van der Waals surface area contributed by atoms with Crippen LogP contribution in [0.15, 0.2) is 0 Å². The zero-order chi connectivity index (χ0) is 14.3. The van der Waals surface area contributed by atoms with Gasteiger partial charge in [-0.3, -0.25) is 4.79 Å². The fraction of sp³-hybridized carbons (Fsp3) is 0.800. The van der Waals surface area contributed by atoms with Crippen molar-refractivity contribution in [1.29, 1.82) is 0 Å². The van der Waals surface area contributed by atoms with E-state index in [2.05, 4.69) is 0 Å². The molecular formula is C10H12F3NO5. The number of carboxylic acids is 1. The Kier molecular flexibility index (Phi) is 3.43. The summed E-state index contributed by atoms with van der Waals surface area (Å²) in [5.74, 6) is -3.18. The van der Waals surface area contributed by atoms with Crippen molar-refractivity contribution in [3.05, 3.63) is 0 Å². The summed E-state index contributed by atoms with van der Waals surface area (Å²) in [7, 11) is 0. The lowest BCUT2D eigenvalue weighted by Crippen LogP contribution is -2.52. The molecule has 2 aliphatic rings. The maximum absolute atomic E-state index is 12.3. The van der Waals surface area contributed by atoms with Crippen LogP contribution in [0, 0.1) is 0 Å². The molecule has 2 rings (SSSR count). The standard InChI is InChI=1S/C10H12F3NO5/c11-10(12,13)8(17)14-2-1-9(4-14)5-18-3-6(19-9)7(15)16/h6H,1-5H2,(H,15,16). The number of likely N-dealkylation sites (tertiary alicyclic amines) is 1. The van der Waals surface area contributed by atoms with Crippen molar-refractivity contribution in [1.82, 2.24) is 4.90 Å². The third-order valence-electron chi connectivity index (χ3n) is 3.15. The van der Waals surface area contributed by atoms with Crippen LogP contribution in [0.2, 0.25) is 0 Å². The molecular weight excluding hydrogens is 271 g/mol. The molecule has 2 atom stereocenters. The van der Waals surface area contributed by atoms with Crippen LogP contribution in [0.25, 0.3) is 0 Å². The molecule has 9 heteroatoms. The average molecular weight is 283 g/mol. The van der Waals surface area contributed by atoms with E-state index in [1.165, 1.54) is 0 Å². The smallest absolute Gasteiger partial charge is 0.471 e. The minimum Gasteiger partial charge on any atom is -0.479 e. The quantitative estimate of drug-likeness (QED) is 0.734. The van der Waals surface area contributed by atoms with Crippen molar-refractivity contribution in [3.63, 3.8) is 0 Å². The van der Waals surface area contributed by atoms with Gasteiger partial charge in [0.05, 0.1) is 19.8 Å². The molecule has 2 aliphatic heterocycles. The summed E-state index contributed by atoms with van der Waals surface area (Å²) in [5.41, 5.74) is -1.15. The number of hydrogen-bond donors (Lipinski definition) is 1. The second-order valence-electron chi connectivity index (χ2n) is 4.62. The minimum absolute atomic E-state index is 0.0155. The largest absolute Gasteiger partial charge is 0.479 e. The molecule has 0 saturated carbocycles. The van der Waals surface area contributed by atoms with E-state index >= 15 is 0 Å². The third kappa shape index (κ3) is 2.81. The topological polar surface area (TPSA) is 76.1 Å². The number of ether oxygens (including phenoxy) is 2. The molecule has 2 heterocycles. The number of amides is 1. The monoisotopic (exact) mass is 283 g/mol. The van der Waals surface area contributed by atoms with E-state index in [4.69, 9.17) is 14.6 Å². The number of carbonyl (C=O) groups excluding carboxylic acids is 1. The molecule has 1 N–H and O–H groups in total. The molecule has 108 valence electrons. The van der Waals surface area contributed by atoms with Gasteiger partial charge in [-0.25, -0.2) is 4.79 Å². The molecule has 19 heavy (non-hydrogen) atoms. The van der Waals surface area contributed by atoms with Crippen LogP contribution in [0.1, 0.15) is 6.42 Å². The average Bonchev–Trinajstić information content (AvgIpc) is 2.70. The van der Waals surface area contributed by atoms with Gasteiger partial charge in [0.2, 0.25) is 0 Å². The lowest BCUT2D eigenvalue weighted by Gasteiger charge is -2.36. The summed E-state index contributed by atoms with van der Waals surface area (Å²) < 4.78 is 47.3. The van der Waals surface area contributed by atoms with E-state index in [0.29, 0.717) is 4.90 Å². The van der Waals surface area contributed by atoms with Crippen molar-refractivity contribution < 1.29 is 37.3 Å². The number of hydrogen-bond acceptors (Lipinski definition) is 4. The van der Waals surface area contributed by atoms with Gasteiger partial charge >= 0.3 is 18.1 Å². The molecule has 2 fully saturated rings. The molecule has 0 aliphatic carbocycles. The number of rotatable bonds is 1. The van der Waals surface area contributed by atoms with Crippen molar-refractivity contribution in [2.24, 2.45) is 0 Å². The first-order chi connectivity index (χ1) is 8.73. The lowest BCUT2D eigenvalue weighted by molar-refractivity contribution is -0.209. The number of carbonyl (C=O) groups is 2. The summed E-state index contributed by atoms with van der Waals surface area (Å²) in [6.45, 7) is -0.605. The Morgan fingerprint density at radius 1 is 1.37 bits per heavy atom. The van der Waals surface area contributed by atoms with E-state index in [0.717, 1.165) is 0 Å². The maximum Gasteiger partial charge on any atom is 0.471 e. The van der Waals surface area contributed by atoms with E-state index in [9.17, 15) is 22.8 Å². The number of carboxylic acid groups (broad SMARTS) is 1. The van der Waals surface area contributed by atoms with Crippen LogP contribution in [-0.4, -0.2) is 66.1 Å².